The Kier molecular flexibility index (Phi) is 3.57. The maximum Gasteiger partial charge on any atom is 0.238 e. The third kappa shape index (κ3) is 2.48. The zero-order chi connectivity index (χ0) is 10.7. The third-order valence-electron chi connectivity index (χ3n) is 3.55. The van der Waals surface area contributed by atoms with Crippen molar-refractivity contribution < 1.29 is 4.79 Å². The van der Waals surface area contributed by atoms with Gasteiger partial charge in [-0.3, -0.25) is 10.1 Å². The Morgan fingerprint density at radius 3 is 2.60 bits per heavy atom. The van der Waals surface area contributed by atoms with Crippen molar-refractivity contribution in [2.24, 2.45) is 5.73 Å². The van der Waals surface area contributed by atoms with Crippen molar-refractivity contribution in [2.75, 3.05) is 11.5 Å². The smallest absolute Gasteiger partial charge is 0.238 e. The van der Waals surface area contributed by atoms with E-state index in [1.54, 1.807) is 0 Å². The molecule has 4 heteroatoms. The molecule has 1 heterocycles. The highest BCUT2D eigenvalue weighted by Crippen LogP contribution is 2.29. The van der Waals surface area contributed by atoms with E-state index in [0.717, 1.165) is 18.6 Å². The van der Waals surface area contributed by atoms with Gasteiger partial charge in [-0.15, -0.1) is 0 Å². The number of carbonyl (C=O) groups is 1. The zero-order valence-corrected chi connectivity index (χ0v) is 9.94. The summed E-state index contributed by atoms with van der Waals surface area (Å²) >= 11 is 1.85. The molecule has 0 aromatic rings. The number of hydrogen-bond acceptors (Lipinski definition) is 3. The van der Waals surface area contributed by atoms with E-state index in [0.29, 0.717) is 6.04 Å². The Morgan fingerprint density at radius 2 is 2.07 bits per heavy atom. The molecular weight excluding hydrogens is 208 g/mol. The summed E-state index contributed by atoms with van der Waals surface area (Å²) in [6.45, 7) is 0. The number of nitrogens with one attached hydrogen (secondary N) is 1. The summed E-state index contributed by atoms with van der Waals surface area (Å²) in [6, 6.07) is 0.524. The van der Waals surface area contributed by atoms with Crippen molar-refractivity contribution >= 4 is 17.7 Å². The predicted molar refractivity (Wildman–Crippen MR) is 63.9 cm³/mol. The topological polar surface area (TPSA) is 55.1 Å². The molecule has 2 aliphatic rings. The van der Waals surface area contributed by atoms with Gasteiger partial charge in [-0.1, -0.05) is 12.8 Å². The molecule has 0 aromatic heterocycles. The summed E-state index contributed by atoms with van der Waals surface area (Å²) in [6.07, 6.45) is 7.03. The highest BCUT2D eigenvalue weighted by Gasteiger charge is 2.40. The van der Waals surface area contributed by atoms with Crippen LogP contribution in [0.1, 0.15) is 38.5 Å². The molecule has 0 bridgehead atoms. The second kappa shape index (κ2) is 4.74. The fraction of sp³-hybridized carbons (Fsp3) is 0.909. The highest BCUT2D eigenvalue weighted by atomic mass is 32.2. The molecule has 1 aliphatic heterocycles. The number of amides is 1. The molecule has 0 aromatic carbocycles. The Bertz CT molecular complexity index is 233. The molecule has 86 valence electrons. The molecule has 2 fully saturated rings. The highest BCUT2D eigenvalue weighted by molar-refractivity contribution is 7.99. The average Bonchev–Trinajstić information content (AvgIpc) is 2.71. The van der Waals surface area contributed by atoms with Gasteiger partial charge in [-0.25, -0.2) is 0 Å². The molecule has 15 heavy (non-hydrogen) atoms. The van der Waals surface area contributed by atoms with Gasteiger partial charge in [0.05, 0.1) is 0 Å². The van der Waals surface area contributed by atoms with Crippen molar-refractivity contribution in [1.82, 2.24) is 5.32 Å². The minimum absolute atomic E-state index is 0.151. The second-order valence-corrected chi connectivity index (χ2v) is 5.83. The monoisotopic (exact) mass is 228 g/mol. The maximum absolute atomic E-state index is 11.6. The lowest BCUT2D eigenvalue weighted by atomic mass is 9.93. The molecule has 1 saturated heterocycles. The molecule has 2 rings (SSSR count). The first-order valence-electron chi connectivity index (χ1n) is 5.88. The summed E-state index contributed by atoms with van der Waals surface area (Å²) in [4.78, 5) is 11.6. The molecule has 3 nitrogen and oxygen atoms in total. The quantitative estimate of drug-likeness (QED) is 0.765. The number of hydrogen-bond donors (Lipinski definition) is 2. The van der Waals surface area contributed by atoms with Crippen molar-refractivity contribution in [2.45, 2.75) is 50.1 Å². The first kappa shape index (κ1) is 11.3. The van der Waals surface area contributed by atoms with Crippen LogP contribution >= 0.6 is 11.8 Å². The average molecular weight is 228 g/mol. The predicted octanol–water partition coefficient (Wildman–Crippen LogP) is 1.27. The van der Waals surface area contributed by atoms with E-state index in [9.17, 15) is 4.79 Å². The number of primary amides is 1. The molecule has 1 atom stereocenters. The molecule has 1 aliphatic carbocycles. The molecule has 1 unspecified atom stereocenters. The first-order chi connectivity index (χ1) is 7.23. The minimum Gasteiger partial charge on any atom is -0.368 e. The van der Waals surface area contributed by atoms with Gasteiger partial charge in [0.1, 0.15) is 5.54 Å². The fourth-order valence-electron chi connectivity index (χ4n) is 2.63. The normalized spacial score (nSPS) is 33.1. The van der Waals surface area contributed by atoms with E-state index >= 15 is 0 Å². The van der Waals surface area contributed by atoms with E-state index in [1.807, 2.05) is 11.8 Å². The largest absolute Gasteiger partial charge is 0.368 e. The summed E-state index contributed by atoms with van der Waals surface area (Å²) in [5.41, 5.74) is 5.16. The first-order valence-corrected chi connectivity index (χ1v) is 7.04. The van der Waals surface area contributed by atoms with E-state index in [2.05, 4.69) is 5.32 Å². The van der Waals surface area contributed by atoms with Crippen molar-refractivity contribution in [3.63, 3.8) is 0 Å². The van der Waals surface area contributed by atoms with Crippen LogP contribution in [0, 0.1) is 0 Å². The van der Waals surface area contributed by atoms with Crippen LogP contribution < -0.4 is 11.1 Å². The third-order valence-corrected chi connectivity index (χ3v) is 4.82. The second-order valence-electron chi connectivity index (χ2n) is 4.73. The lowest BCUT2D eigenvalue weighted by molar-refractivity contribution is -0.124. The zero-order valence-electron chi connectivity index (χ0n) is 9.13. The van der Waals surface area contributed by atoms with Crippen LogP contribution in [0.5, 0.6) is 0 Å². The van der Waals surface area contributed by atoms with E-state index in [1.165, 1.54) is 31.4 Å². The Balaban J connectivity index is 2.00. The summed E-state index contributed by atoms with van der Waals surface area (Å²) in [5.74, 6) is 1.88. The summed E-state index contributed by atoms with van der Waals surface area (Å²) in [7, 11) is 0. The van der Waals surface area contributed by atoms with Crippen LogP contribution in [0.15, 0.2) is 0 Å². The van der Waals surface area contributed by atoms with E-state index < -0.39 is 5.54 Å². The van der Waals surface area contributed by atoms with Crippen molar-refractivity contribution in [3.05, 3.63) is 0 Å². The van der Waals surface area contributed by atoms with Gasteiger partial charge in [-0.05, 0) is 31.4 Å². The minimum atomic E-state index is -0.405. The molecular formula is C11H20N2OS. The molecule has 3 N–H and O–H groups in total. The summed E-state index contributed by atoms with van der Waals surface area (Å²) < 4.78 is 0. The SMILES string of the molecule is NC(=O)C1(NC2CCCC2)CCCSC1. The van der Waals surface area contributed by atoms with Gasteiger partial charge in [0, 0.05) is 11.8 Å². The number of rotatable bonds is 3. The van der Waals surface area contributed by atoms with Gasteiger partial charge in [0.25, 0.3) is 0 Å². The van der Waals surface area contributed by atoms with Gasteiger partial charge in [0.15, 0.2) is 0 Å². The van der Waals surface area contributed by atoms with Crippen LogP contribution in [-0.4, -0.2) is 29.0 Å². The van der Waals surface area contributed by atoms with Crippen LogP contribution in [0.25, 0.3) is 0 Å². The molecule has 1 saturated carbocycles. The van der Waals surface area contributed by atoms with Crippen LogP contribution in [0.4, 0.5) is 0 Å². The Hall–Kier alpha value is -0.220. The van der Waals surface area contributed by atoms with Crippen LogP contribution in [0.3, 0.4) is 0 Å². The maximum atomic E-state index is 11.6. The van der Waals surface area contributed by atoms with Gasteiger partial charge >= 0.3 is 0 Å². The standard InChI is InChI=1S/C11H20N2OS/c12-10(14)11(6-3-7-15-8-11)13-9-4-1-2-5-9/h9,13H,1-8H2,(H2,12,14). The Labute approximate surface area is 95.6 Å². The number of carbonyl (C=O) groups excluding carboxylic acids is 1. The van der Waals surface area contributed by atoms with Crippen molar-refractivity contribution in [3.8, 4) is 0 Å². The molecule has 0 spiro atoms. The molecule has 0 radical (unpaired) electrons. The van der Waals surface area contributed by atoms with Gasteiger partial charge in [0.2, 0.25) is 5.91 Å². The summed E-state index contributed by atoms with van der Waals surface area (Å²) in [5, 5.41) is 3.54. The van der Waals surface area contributed by atoms with Gasteiger partial charge in [-0.2, -0.15) is 11.8 Å². The van der Waals surface area contributed by atoms with E-state index in [-0.39, 0.29) is 5.91 Å². The van der Waals surface area contributed by atoms with Crippen LogP contribution in [0.2, 0.25) is 0 Å². The lowest BCUT2D eigenvalue weighted by Crippen LogP contribution is -2.61. The number of nitrogens with two attached hydrogens (primary N) is 1. The lowest BCUT2D eigenvalue weighted by Gasteiger charge is -2.37. The fourth-order valence-corrected chi connectivity index (χ4v) is 3.85. The van der Waals surface area contributed by atoms with Gasteiger partial charge < -0.3 is 5.73 Å². The van der Waals surface area contributed by atoms with E-state index in [4.69, 9.17) is 5.73 Å². The number of thioether (sulfide) groups is 1. The van der Waals surface area contributed by atoms with Crippen LogP contribution in [-0.2, 0) is 4.79 Å². The van der Waals surface area contributed by atoms with Crippen molar-refractivity contribution in [1.29, 1.82) is 0 Å². The Morgan fingerprint density at radius 1 is 1.33 bits per heavy atom. The molecule has 1 amide bonds.